The number of halogens is 1. The maximum Gasteiger partial charge on any atom is 0.234 e. The zero-order valence-electron chi connectivity index (χ0n) is 19.5. The van der Waals surface area contributed by atoms with Gasteiger partial charge in [0.25, 0.3) is 0 Å². The first-order chi connectivity index (χ1) is 14.9. The molecular formula is C23H37IN6O2. The van der Waals surface area contributed by atoms with Crippen molar-refractivity contribution in [1.29, 1.82) is 0 Å². The number of amides is 2. The van der Waals surface area contributed by atoms with Gasteiger partial charge in [-0.15, -0.1) is 24.0 Å². The van der Waals surface area contributed by atoms with E-state index in [-0.39, 0.29) is 41.8 Å². The van der Waals surface area contributed by atoms with Crippen molar-refractivity contribution in [3.8, 4) is 0 Å². The first-order valence-corrected chi connectivity index (χ1v) is 11.3. The standard InChI is InChI=1S/C23H36N6O2.HI/c1-18(2)26-21(30)17-27-10-12-28(13-11-27)23(24-3)25-15-19-6-4-7-20(14-19)16-29-9-5-8-22(29)31;/h4,6-7,14,18H,5,8-13,15-17H2,1-3H3,(H,24,25)(H,26,30);1H. The highest BCUT2D eigenvalue weighted by Gasteiger charge is 2.22. The molecule has 3 rings (SSSR count). The Morgan fingerprint density at radius 1 is 1.12 bits per heavy atom. The smallest absolute Gasteiger partial charge is 0.234 e. The predicted molar refractivity (Wildman–Crippen MR) is 138 cm³/mol. The average molecular weight is 556 g/mol. The number of likely N-dealkylation sites (tertiary alicyclic amines) is 1. The molecule has 0 atom stereocenters. The zero-order chi connectivity index (χ0) is 22.2. The molecule has 0 unspecified atom stereocenters. The fraction of sp³-hybridized carbons (Fsp3) is 0.609. The van der Waals surface area contributed by atoms with E-state index in [4.69, 9.17) is 0 Å². The average Bonchev–Trinajstić information content (AvgIpc) is 3.13. The maximum atomic E-state index is 12.0. The summed E-state index contributed by atoms with van der Waals surface area (Å²) < 4.78 is 0. The second-order valence-corrected chi connectivity index (χ2v) is 8.62. The number of hydrogen-bond donors (Lipinski definition) is 2. The molecular weight excluding hydrogens is 519 g/mol. The lowest BCUT2D eigenvalue weighted by Gasteiger charge is -2.36. The van der Waals surface area contributed by atoms with Crippen LogP contribution in [0.25, 0.3) is 0 Å². The molecule has 178 valence electrons. The Balaban J connectivity index is 0.00000363. The number of hydrogen-bond acceptors (Lipinski definition) is 4. The summed E-state index contributed by atoms with van der Waals surface area (Å²) in [6.45, 7) is 10.00. The van der Waals surface area contributed by atoms with E-state index in [0.29, 0.717) is 26.1 Å². The Morgan fingerprint density at radius 2 is 1.84 bits per heavy atom. The molecule has 9 heteroatoms. The van der Waals surface area contributed by atoms with Gasteiger partial charge in [0, 0.05) is 65.3 Å². The number of piperazine rings is 1. The van der Waals surface area contributed by atoms with Gasteiger partial charge in [-0.25, -0.2) is 0 Å². The summed E-state index contributed by atoms with van der Waals surface area (Å²) in [4.78, 5) is 34.7. The normalized spacial score (nSPS) is 17.5. The van der Waals surface area contributed by atoms with Crippen LogP contribution in [0.4, 0.5) is 0 Å². The molecule has 32 heavy (non-hydrogen) atoms. The lowest BCUT2D eigenvalue weighted by molar-refractivity contribution is -0.128. The van der Waals surface area contributed by atoms with Crippen molar-refractivity contribution in [1.82, 2.24) is 25.3 Å². The van der Waals surface area contributed by atoms with Gasteiger partial charge in [-0.2, -0.15) is 0 Å². The molecule has 0 bridgehead atoms. The van der Waals surface area contributed by atoms with Crippen molar-refractivity contribution in [2.45, 2.75) is 45.8 Å². The number of nitrogens with zero attached hydrogens (tertiary/aromatic N) is 4. The van der Waals surface area contributed by atoms with Gasteiger partial charge in [-0.05, 0) is 31.4 Å². The van der Waals surface area contributed by atoms with E-state index in [9.17, 15) is 9.59 Å². The summed E-state index contributed by atoms with van der Waals surface area (Å²) in [5, 5.41) is 6.42. The molecule has 2 aliphatic heterocycles. The van der Waals surface area contributed by atoms with Crippen LogP contribution in [-0.2, 0) is 22.7 Å². The van der Waals surface area contributed by atoms with Crippen molar-refractivity contribution in [3.63, 3.8) is 0 Å². The minimum absolute atomic E-state index is 0. The van der Waals surface area contributed by atoms with Crippen LogP contribution in [0.2, 0.25) is 0 Å². The van der Waals surface area contributed by atoms with Gasteiger partial charge in [0.15, 0.2) is 5.96 Å². The largest absolute Gasteiger partial charge is 0.353 e. The number of aliphatic imine (C=N–C) groups is 1. The highest BCUT2D eigenvalue weighted by molar-refractivity contribution is 14.0. The maximum absolute atomic E-state index is 12.0. The number of rotatable bonds is 7. The third kappa shape index (κ3) is 7.91. The molecule has 0 radical (unpaired) electrons. The molecule has 1 aromatic carbocycles. The lowest BCUT2D eigenvalue weighted by atomic mass is 10.1. The van der Waals surface area contributed by atoms with Gasteiger partial charge in [-0.3, -0.25) is 19.5 Å². The monoisotopic (exact) mass is 556 g/mol. The highest BCUT2D eigenvalue weighted by Crippen LogP contribution is 2.15. The van der Waals surface area contributed by atoms with Crippen molar-refractivity contribution in [2.75, 3.05) is 46.3 Å². The molecule has 8 nitrogen and oxygen atoms in total. The minimum Gasteiger partial charge on any atom is -0.353 e. The van der Waals surface area contributed by atoms with E-state index in [1.165, 1.54) is 5.56 Å². The molecule has 0 aromatic heterocycles. The fourth-order valence-corrected chi connectivity index (χ4v) is 4.13. The molecule has 2 N–H and O–H groups in total. The van der Waals surface area contributed by atoms with Crippen molar-refractivity contribution in [2.24, 2.45) is 4.99 Å². The number of carbonyl (C=O) groups excluding carboxylic acids is 2. The number of nitrogens with one attached hydrogen (secondary N) is 2. The SMILES string of the molecule is CN=C(NCc1cccc(CN2CCCC2=O)c1)N1CCN(CC(=O)NC(C)C)CC1.I. The Kier molecular flexibility index (Phi) is 10.7. The quantitative estimate of drug-likeness (QED) is 0.304. The number of benzene rings is 1. The molecule has 2 aliphatic rings. The van der Waals surface area contributed by atoms with Crippen LogP contribution in [0.15, 0.2) is 29.3 Å². The zero-order valence-corrected chi connectivity index (χ0v) is 21.8. The van der Waals surface area contributed by atoms with Crippen LogP contribution in [0.1, 0.15) is 37.8 Å². The Hall–Kier alpha value is -1.88. The van der Waals surface area contributed by atoms with Crippen LogP contribution in [0.3, 0.4) is 0 Å². The summed E-state index contributed by atoms with van der Waals surface area (Å²) in [7, 11) is 1.81. The van der Waals surface area contributed by atoms with E-state index in [0.717, 1.165) is 50.7 Å². The summed E-state index contributed by atoms with van der Waals surface area (Å²) >= 11 is 0. The van der Waals surface area contributed by atoms with E-state index < -0.39 is 0 Å². The van der Waals surface area contributed by atoms with Gasteiger partial charge in [-0.1, -0.05) is 24.3 Å². The summed E-state index contributed by atoms with van der Waals surface area (Å²) in [5.74, 6) is 1.22. The van der Waals surface area contributed by atoms with Gasteiger partial charge in [0.1, 0.15) is 0 Å². The summed E-state index contributed by atoms with van der Waals surface area (Å²) in [5.41, 5.74) is 2.34. The van der Waals surface area contributed by atoms with Gasteiger partial charge < -0.3 is 20.4 Å². The fourth-order valence-electron chi connectivity index (χ4n) is 4.13. The molecule has 0 aliphatic carbocycles. The van der Waals surface area contributed by atoms with E-state index in [1.54, 1.807) is 7.05 Å². The van der Waals surface area contributed by atoms with E-state index in [2.05, 4.69) is 49.7 Å². The summed E-state index contributed by atoms with van der Waals surface area (Å²) in [6.07, 6.45) is 1.64. The molecule has 2 saturated heterocycles. The predicted octanol–water partition coefficient (Wildman–Crippen LogP) is 1.64. The van der Waals surface area contributed by atoms with Crippen LogP contribution >= 0.6 is 24.0 Å². The van der Waals surface area contributed by atoms with Gasteiger partial charge in [0.2, 0.25) is 11.8 Å². The number of guanidine groups is 1. The molecule has 2 amide bonds. The van der Waals surface area contributed by atoms with Crippen LogP contribution < -0.4 is 10.6 Å². The minimum atomic E-state index is 0. The van der Waals surface area contributed by atoms with Crippen molar-refractivity contribution in [3.05, 3.63) is 35.4 Å². The Labute approximate surface area is 208 Å². The Bertz CT molecular complexity index is 792. The molecule has 0 saturated carbocycles. The molecule has 2 fully saturated rings. The van der Waals surface area contributed by atoms with Gasteiger partial charge >= 0.3 is 0 Å². The van der Waals surface area contributed by atoms with Crippen LogP contribution in [0, 0.1) is 0 Å². The van der Waals surface area contributed by atoms with Crippen LogP contribution in [-0.4, -0.2) is 84.8 Å². The molecule has 0 spiro atoms. The third-order valence-electron chi connectivity index (χ3n) is 5.69. The highest BCUT2D eigenvalue weighted by atomic mass is 127. The molecule has 1 aromatic rings. The topological polar surface area (TPSA) is 80.3 Å². The Morgan fingerprint density at radius 3 is 2.47 bits per heavy atom. The van der Waals surface area contributed by atoms with Gasteiger partial charge in [0.05, 0.1) is 6.54 Å². The summed E-state index contributed by atoms with van der Waals surface area (Å²) in [6, 6.07) is 8.57. The van der Waals surface area contributed by atoms with Crippen molar-refractivity contribution >= 4 is 41.8 Å². The third-order valence-corrected chi connectivity index (χ3v) is 5.69. The van der Waals surface area contributed by atoms with Crippen molar-refractivity contribution < 1.29 is 9.59 Å². The number of carbonyl (C=O) groups is 2. The first-order valence-electron chi connectivity index (χ1n) is 11.3. The van der Waals surface area contributed by atoms with E-state index >= 15 is 0 Å². The lowest BCUT2D eigenvalue weighted by Crippen LogP contribution is -2.54. The second kappa shape index (κ2) is 13.0. The van der Waals surface area contributed by atoms with E-state index in [1.807, 2.05) is 18.7 Å². The molecule has 2 heterocycles. The first kappa shape index (κ1) is 26.4. The van der Waals surface area contributed by atoms with Crippen LogP contribution in [0.5, 0.6) is 0 Å². The second-order valence-electron chi connectivity index (χ2n) is 8.62.